The minimum Gasteiger partial charge on any atom is -0.459 e. The van der Waals surface area contributed by atoms with Crippen LogP contribution >= 0.6 is 0 Å². The van der Waals surface area contributed by atoms with E-state index in [1.165, 1.54) is 6.26 Å². The van der Waals surface area contributed by atoms with Crippen molar-refractivity contribution in [2.75, 3.05) is 13.1 Å². The summed E-state index contributed by atoms with van der Waals surface area (Å²) in [4.78, 5) is 23.8. The number of nitrogens with two attached hydrogens (primary N) is 1. The Morgan fingerprint density at radius 3 is 2.81 bits per heavy atom. The molecule has 116 valence electrons. The van der Waals surface area contributed by atoms with Crippen LogP contribution in [0.25, 0.3) is 0 Å². The van der Waals surface area contributed by atoms with Crippen molar-refractivity contribution in [1.82, 2.24) is 10.6 Å². The molecule has 0 bridgehead atoms. The van der Waals surface area contributed by atoms with E-state index < -0.39 is 5.54 Å². The van der Waals surface area contributed by atoms with E-state index in [9.17, 15) is 9.59 Å². The standard InChI is InChI=1S/C15H23N3O3/c1-15(16)7-3-2-5-11(15)13(19)17-8-9-18-14(20)12-6-4-10-21-12/h4,6,10-11H,2-3,5,7-9,16H2,1H3,(H,17,19)(H,18,20). The van der Waals surface area contributed by atoms with E-state index in [0.29, 0.717) is 13.1 Å². The Balaban J connectivity index is 1.71. The monoisotopic (exact) mass is 293 g/mol. The highest BCUT2D eigenvalue weighted by molar-refractivity contribution is 5.91. The highest BCUT2D eigenvalue weighted by atomic mass is 16.3. The summed E-state index contributed by atoms with van der Waals surface area (Å²) in [6.07, 6.45) is 5.27. The molecule has 1 aromatic heterocycles. The maximum Gasteiger partial charge on any atom is 0.287 e. The van der Waals surface area contributed by atoms with Crippen LogP contribution in [0.2, 0.25) is 0 Å². The summed E-state index contributed by atoms with van der Waals surface area (Å²) in [5.74, 6) is -0.183. The molecule has 1 saturated carbocycles. The maximum atomic E-state index is 12.2. The predicted octanol–water partition coefficient (Wildman–Crippen LogP) is 1.03. The minimum atomic E-state index is -0.431. The number of carbonyl (C=O) groups excluding carboxylic acids is 2. The number of nitrogens with one attached hydrogen (secondary N) is 2. The molecule has 0 radical (unpaired) electrons. The van der Waals surface area contributed by atoms with E-state index in [1.807, 2.05) is 6.92 Å². The van der Waals surface area contributed by atoms with E-state index >= 15 is 0 Å². The van der Waals surface area contributed by atoms with Gasteiger partial charge in [-0.25, -0.2) is 0 Å². The third-order valence-corrected chi connectivity index (χ3v) is 4.03. The van der Waals surface area contributed by atoms with Crippen LogP contribution in [-0.4, -0.2) is 30.4 Å². The second-order valence-corrected chi connectivity index (χ2v) is 5.83. The van der Waals surface area contributed by atoms with Crippen molar-refractivity contribution in [2.24, 2.45) is 11.7 Å². The molecule has 4 N–H and O–H groups in total. The second-order valence-electron chi connectivity index (χ2n) is 5.83. The molecule has 6 heteroatoms. The van der Waals surface area contributed by atoms with Gasteiger partial charge in [0.15, 0.2) is 5.76 Å². The fraction of sp³-hybridized carbons (Fsp3) is 0.600. The number of rotatable bonds is 5. The van der Waals surface area contributed by atoms with Crippen molar-refractivity contribution in [2.45, 2.75) is 38.1 Å². The highest BCUT2D eigenvalue weighted by Crippen LogP contribution is 2.31. The number of furan rings is 1. The van der Waals surface area contributed by atoms with Crippen LogP contribution in [0.1, 0.15) is 43.2 Å². The van der Waals surface area contributed by atoms with E-state index in [0.717, 1.165) is 25.7 Å². The average Bonchev–Trinajstić information content (AvgIpc) is 2.96. The quantitative estimate of drug-likeness (QED) is 0.706. The minimum absolute atomic E-state index is 0.0213. The normalized spacial score (nSPS) is 25.3. The maximum absolute atomic E-state index is 12.2. The third kappa shape index (κ3) is 4.07. The molecule has 1 heterocycles. The molecule has 2 unspecified atom stereocenters. The molecular formula is C15H23N3O3. The zero-order valence-electron chi connectivity index (χ0n) is 12.4. The molecular weight excluding hydrogens is 270 g/mol. The number of carbonyl (C=O) groups is 2. The molecule has 2 rings (SSSR count). The van der Waals surface area contributed by atoms with Gasteiger partial charge in [-0.05, 0) is 31.9 Å². The number of amides is 2. The lowest BCUT2D eigenvalue weighted by atomic mass is 9.74. The van der Waals surface area contributed by atoms with Crippen molar-refractivity contribution in [1.29, 1.82) is 0 Å². The number of hydrogen-bond donors (Lipinski definition) is 3. The first-order chi connectivity index (χ1) is 10.0. The largest absolute Gasteiger partial charge is 0.459 e. The Kier molecular flexibility index (Phi) is 5.01. The summed E-state index contributed by atoms with van der Waals surface area (Å²) in [6.45, 7) is 2.69. The molecule has 2 amide bonds. The summed E-state index contributed by atoms with van der Waals surface area (Å²) < 4.78 is 4.98. The molecule has 0 aromatic carbocycles. The first kappa shape index (κ1) is 15.6. The van der Waals surface area contributed by atoms with Crippen LogP contribution in [0, 0.1) is 5.92 Å². The molecule has 21 heavy (non-hydrogen) atoms. The van der Waals surface area contributed by atoms with Gasteiger partial charge in [-0.3, -0.25) is 9.59 Å². The summed E-state index contributed by atoms with van der Waals surface area (Å²) in [5, 5.41) is 5.53. The van der Waals surface area contributed by atoms with E-state index in [4.69, 9.17) is 10.2 Å². The van der Waals surface area contributed by atoms with Gasteiger partial charge in [0.1, 0.15) is 0 Å². The van der Waals surface area contributed by atoms with Crippen LogP contribution < -0.4 is 16.4 Å². The van der Waals surface area contributed by atoms with E-state index in [-0.39, 0.29) is 23.5 Å². The summed E-state index contributed by atoms with van der Waals surface area (Å²) >= 11 is 0. The Morgan fingerprint density at radius 2 is 2.14 bits per heavy atom. The number of hydrogen-bond acceptors (Lipinski definition) is 4. The van der Waals surface area contributed by atoms with Crippen molar-refractivity contribution in [3.8, 4) is 0 Å². The van der Waals surface area contributed by atoms with Gasteiger partial charge in [0.2, 0.25) is 5.91 Å². The fourth-order valence-electron chi connectivity index (χ4n) is 2.77. The van der Waals surface area contributed by atoms with Gasteiger partial charge in [0.05, 0.1) is 12.2 Å². The van der Waals surface area contributed by atoms with Crippen LogP contribution in [0.3, 0.4) is 0 Å². The Bertz CT molecular complexity index is 482. The lowest BCUT2D eigenvalue weighted by Gasteiger charge is -2.37. The molecule has 6 nitrogen and oxygen atoms in total. The molecule has 1 aliphatic rings. The van der Waals surface area contributed by atoms with E-state index in [2.05, 4.69) is 10.6 Å². The van der Waals surface area contributed by atoms with Crippen molar-refractivity contribution < 1.29 is 14.0 Å². The van der Waals surface area contributed by atoms with Crippen molar-refractivity contribution >= 4 is 11.8 Å². The summed E-state index contributed by atoms with van der Waals surface area (Å²) in [6, 6.07) is 3.25. The van der Waals surface area contributed by atoms with E-state index in [1.54, 1.807) is 12.1 Å². The van der Waals surface area contributed by atoms with Crippen LogP contribution in [0.4, 0.5) is 0 Å². The topological polar surface area (TPSA) is 97.4 Å². The Morgan fingerprint density at radius 1 is 1.38 bits per heavy atom. The lowest BCUT2D eigenvalue weighted by molar-refractivity contribution is -0.128. The SMILES string of the molecule is CC1(N)CCCCC1C(=O)NCCNC(=O)c1ccco1. The van der Waals surface area contributed by atoms with Crippen molar-refractivity contribution in [3.05, 3.63) is 24.2 Å². The Hall–Kier alpha value is -1.82. The molecule has 0 spiro atoms. The lowest BCUT2D eigenvalue weighted by Crippen LogP contribution is -2.53. The summed E-state index contributed by atoms with van der Waals surface area (Å²) in [7, 11) is 0. The first-order valence-electron chi connectivity index (χ1n) is 7.39. The van der Waals surface area contributed by atoms with Crippen LogP contribution in [-0.2, 0) is 4.79 Å². The first-order valence-corrected chi connectivity index (χ1v) is 7.39. The molecule has 1 fully saturated rings. The van der Waals surface area contributed by atoms with Gasteiger partial charge < -0.3 is 20.8 Å². The molecule has 1 aromatic rings. The zero-order valence-corrected chi connectivity index (χ0v) is 12.4. The van der Waals surface area contributed by atoms with Gasteiger partial charge in [-0.2, -0.15) is 0 Å². The molecule has 0 saturated heterocycles. The Labute approximate surface area is 124 Å². The van der Waals surface area contributed by atoms with Crippen LogP contribution in [0.15, 0.2) is 22.8 Å². The fourth-order valence-corrected chi connectivity index (χ4v) is 2.77. The van der Waals surface area contributed by atoms with Gasteiger partial charge in [0.25, 0.3) is 5.91 Å². The van der Waals surface area contributed by atoms with Gasteiger partial charge in [0, 0.05) is 18.6 Å². The zero-order chi connectivity index (χ0) is 15.3. The highest BCUT2D eigenvalue weighted by Gasteiger charge is 2.37. The predicted molar refractivity (Wildman–Crippen MR) is 78.6 cm³/mol. The van der Waals surface area contributed by atoms with Crippen molar-refractivity contribution in [3.63, 3.8) is 0 Å². The third-order valence-electron chi connectivity index (χ3n) is 4.03. The van der Waals surface area contributed by atoms with Crippen LogP contribution in [0.5, 0.6) is 0 Å². The van der Waals surface area contributed by atoms with Gasteiger partial charge in [-0.15, -0.1) is 0 Å². The average molecular weight is 293 g/mol. The smallest absolute Gasteiger partial charge is 0.287 e. The van der Waals surface area contributed by atoms with Gasteiger partial charge in [-0.1, -0.05) is 12.8 Å². The summed E-state index contributed by atoms with van der Waals surface area (Å²) in [5.41, 5.74) is 5.77. The molecule has 1 aliphatic carbocycles. The molecule has 0 aliphatic heterocycles. The molecule has 2 atom stereocenters. The second kappa shape index (κ2) is 6.76. The van der Waals surface area contributed by atoms with Gasteiger partial charge >= 0.3 is 0 Å².